The molecule has 1 fully saturated rings. The molecule has 2 atom stereocenters. The second kappa shape index (κ2) is 4.94. The minimum atomic E-state index is 0.116. The van der Waals surface area contributed by atoms with Gasteiger partial charge in [0, 0.05) is 19.1 Å². The molecular formula is C13H18N2O2. The molecule has 1 aromatic rings. The number of hydrogen-bond acceptors (Lipinski definition) is 4. The summed E-state index contributed by atoms with van der Waals surface area (Å²) in [6, 6.07) is 8.42. The van der Waals surface area contributed by atoms with Gasteiger partial charge in [0.1, 0.15) is 12.7 Å². The number of benzene rings is 1. The molecule has 2 heterocycles. The van der Waals surface area contributed by atoms with Gasteiger partial charge >= 0.3 is 0 Å². The van der Waals surface area contributed by atoms with E-state index in [1.54, 1.807) is 0 Å². The predicted molar refractivity (Wildman–Crippen MR) is 65.6 cm³/mol. The van der Waals surface area contributed by atoms with Crippen molar-refractivity contribution in [3.8, 4) is 11.5 Å². The smallest absolute Gasteiger partial charge is 0.161 e. The van der Waals surface area contributed by atoms with Crippen LogP contribution >= 0.6 is 0 Å². The molecule has 2 N–H and O–H groups in total. The fourth-order valence-electron chi connectivity index (χ4n) is 2.29. The molecule has 4 heteroatoms. The number of fused-ring (bicyclic) bond motifs is 1. The molecule has 0 bridgehead atoms. The lowest BCUT2D eigenvalue weighted by Gasteiger charge is -2.27. The van der Waals surface area contributed by atoms with Gasteiger partial charge < -0.3 is 20.1 Å². The van der Waals surface area contributed by atoms with E-state index in [-0.39, 0.29) is 6.10 Å². The first-order valence-electron chi connectivity index (χ1n) is 6.24. The highest BCUT2D eigenvalue weighted by molar-refractivity contribution is 5.40. The van der Waals surface area contributed by atoms with Crippen LogP contribution in [0.25, 0.3) is 0 Å². The van der Waals surface area contributed by atoms with Crippen LogP contribution in [0.15, 0.2) is 24.3 Å². The highest BCUT2D eigenvalue weighted by atomic mass is 16.6. The van der Waals surface area contributed by atoms with Gasteiger partial charge in [0.2, 0.25) is 0 Å². The summed E-state index contributed by atoms with van der Waals surface area (Å²) in [4.78, 5) is 0. The Hall–Kier alpha value is -1.26. The molecule has 1 saturated heterocycles. The average Bonchev–Trinajstić information content (AvgIpc) is 2.89. The summed E-state index contributed by atoms with van der Waals surface area (Å²) in [5.74, 6) is 1.71. The van der Waals surface area contributed by atoms with Crippen LogP contribution in [-0.4, -0.2) is 38.4 Å². The van der Waals surface area contributed by atoms with Crippen LogP contribution in [-0.2, 0) is 0 Å². The zero-order chi connectivity index (χ0) is 11.5. The summed E-state index contributed by atoms with van der Waals surface area (Å²) in [5.41, 5.74) is 0. The Morgan fingerprint density at radius 3 is 3.00 bits per heavy atom. The summed E-state index contributed by atoms with van der Waals surface area (Å²) in [6.07, 6.45) is 1.31. The van der Waals surface area contributed by atoms with E-state index in [1.165, 1.54) is 6.42 Å². The van der Waals surface area contributed by atoms with Crippen molar-refractivity contribution in [2.24, 2.45) is 0 Å². The molecule has 0 amide bonds. The number of hydrogen-bond donors (Lipinski definition) is 2. The Bertz CT molecular complexity index is 377. The zero-order valence-corrected chi connectivity index (χ0v) is 9.82. The largest absolute Gasteiger partial charge is 0.486 e. The molecular weight excluding hydrogens is 216 g/mol. The van der Waals surface area contributed by atoms with E-state index in [4.69, 9.17) is 9.47 Å². The average molecular weight is 234 g/mol. The number of para-hydroxylation sites is 2. The van der Waals surface area contributed by atoms with Gasteiger partial charge in [0.15, 0.2) is 11.5 Å². The van der Waals surface area contributed by atoms with Gasteiger partial charge in [-0.1, -0.05) is 12.1 Å². The molecule has 1 aromatic carbocycles. The molecule has 0 radical (unpaired) electrons. The van der Waals surface area contributed by atoms with Crippen molar-refractivity contribution in [1.29, 1.82) is 0 Å². The van der Waals surface area contributed by atoms with Crippen molar-refractivity contribution < 1.29 is 9.47 Å². The maximum Gasteiger partial charge on any atom is 0.161 e. The van der Waals surface area contributed by atoms with Gasteiger partial charge in [-0.05, 0) is 25.1 Å². The van der Waals surface area contributed by atoms with Gasteiger partial charge in [-0.15, -0.1) is 0 Å². The first kappa shape index (κ1) is 10.9. The molecule has 17 heavy (non-hydrogen) atoms. The zero-order valence-electron chi connectivity index (χ0n) is 9.82. The first-order chi connectivity index (χ1) is 8.42. The van der Waals surface area contributed by atoms with E-state index < -0.39 is 0 Å². The Morgan fingerprint density at radius 2 is 2.18 bits per heavy atom. The lowest BCUT2D eigenvalue weighted by atomic mass is 10.2. The molecule has 2 aliphatic rings. The van der Waals surface area contributed by atoms with Crippen LogP contribution in [0.5, 0.6) is 11.5 Å². The molecule has 2 unspecified atom stereocenters. The van der Waals surface area contributed by atoms with Gasteiger partial charge in [0.25, 0.3) is 0 Å². The molecule has 92 valence electrons. The Kier molecular flexibility index (Phi) is 3.16. The van der Waals surface area contributed by atoms with Crippen LogP contribution in [0, 0.1) is 0 Å². The van der Waals surface area contributed by atoms with E-state index in [2.05, 4.69) is 10.6 Å². The van der Waals surface area contributed by atoms with Crippen molar-refractivity contribution >= 4 is 0 Å². The lowest BCUT2D eigenvalue weighted by molar-refractivity contribution is 0.0886. The first-order valence-corrected chi connectivity index (χ1v) is 6.24. The highest BCUT2D eigenvalue weighted by Crippen LogP contribution is 2.30. The summed E-state index contributed by atoms with van der Waals surface area (Å²) >= 11 is 0. The molecule has 0 aliphatic carbocycles. The van der Waals surface area contributed by atoms with Crippen LogP contribution in [0.4, 0.5) is 0 Å². The molecule has 0 aromatic heterocycles. The van der Waals surface area contributed by atoms with Crippen molar-refractivity contribution in [1.82, 2.24) is 10.6 Å². The SMILES string of the molecule is c1ccc2c(c1)OCC(CNC1CCNC1)O2. The van der Waals surface area contributed by atoms with Crippen LogP contribution in [0.2, 0.25) is 0 Å². The maximum absolute atomic E-state index is 5.88. The van der Waals surface area contributed by atoms with Gasteiger partial charge in [-0.2, -0.15) is 0 Å². The van der Waals surface area contributed by atoms with Crippen LogP contribution in [0.3, 0.4) is 0 Å². The van der Waals surface area contributed by atoms with Gasteiger partial charge in [-0.3, -0.25) is 0 Å². The quantitative estimate of drug-likeness (QED) is 0.811. The lowest BCUT2D eigenvalue weighted by Crippen LogP contribution is -2.43. The summed E-state index contributed by atoms with van der Waals surface area (Å²) in [7, 11) is 0. The van der Waals surface area contributed by atoms with Crippen LogP contribution in [0.1, 0.15) is 6.42 Å². The van der Waals surface area contributed by atoms with Gasteiger partial charge in [-0.25, -0.2) is 0 Å². The number of nitrogens with one attached hydrogen (secondary N) is 2. The second-order valence-corrected chi connectivity index (χ2v) is 4.60. The van der Waals surface area contributed by atoms with Crippen molar-refractivity contribution in [2.75, 3.05) is 26.2 Å². The predicted octanol–water partition coefficient (Wildman–Crippen LogP) is 0.778. The minimum Gasteiger partial charge on any atom is -0.486 e. The number of rotatable bonds is 3. The molecule has 3 rings (SSSR count). The third-order valence-electron chi connectivity index (χ3n) is 3.26. The monoisotopic (exact) mass is 234 g/mol. The van der Waals surface area contributed by atoms with E-state index in [1.807, 2.05) is 24.3 Å². The topological polar surface area (TPSA) is 42.5 Å². The van der Waals surface area contributed by atoms with Crippen molar-refractivity contribution in [3.05, 3.63) is 24.3 Å². The third-order valence-corrected chi connectivity index (χ3v) is 3.26. The summed E-state index contributed by atoms with van der Waals surface area (Å²) in [5, 5.41) is 6.86. The maximum atomic E-state index is 5.88. The Morgan fingerprint density at radius 1 is 1.29 bits per heavy atom. The van der Waals surface area contributed by atoms with Crippen molar-refractivity contribution in [2.45, 2.75) is 18.6 Å². The number of ether oxygens (including phenoxy) is 2. The Balaban J connectivity index is 1.53. The minimum absolute atomic E-state index is 0.116. The summed E-state index contributed by atoms with van der Waals surface area (Å²) < 4.78 is 11.6. The van der Waals surface area contributed by atoms with E-state index in [9.17, 15) is 0 Å². The molecule has 2 aliphatic heterocycles. The fourth-order valence-corrected chi connectivity index (χ4v) is 2.29. The van der Waals surface area contributed by atoms with E-state index >= 15 is 0 Å². The molecule has 0 spiro atoms. The molecule has 0 saturated carbocycles. The highest BCUT2D eigenvalue weighted by Gasteiger charge is 2.22. The van der Waals surface area contributed by atoms with E-state index in [0.717, 1.165) is 31.1 Å². The normalized spacial score (nSPS) is 27.1. The molecule has 4 nitrogen and oxygen atoms in total. The fraction of sp³-hybridized carbons (Fsp3) is 0.538. The van der Waals surface area contributed by atoms with Crippen LogP contribution < -0.4 is 20.1 Å². The Labute approximate surface area is 101 Å². The third kappa shape index (κ3) is 2.53. The van der Waals surface area contributed by atoms with E-state index in [0.29, 0.717) is 12.6 Å². The summed E-state index contributed by atoms with van der Waals surface area (Å²) in [6.45, 7) is 3.65. The standard InChI is InChI=1S/C13H18N2O2/c1-2-4-13-12(3-1)16-9-11(17-13)8-15-10-5-6-14-7-10/h1-4,10-11,14-15H,5-9H2. The van der Waals surface area contributed by atoms with Crippen molar-refractivity contribution in [3.63, 3.8) is 0 Å². The second-order valence-electron chi connectivity index (χ2n) is 4.60. The van der Waals surface area contributed by atoms with Gasteiger partial charge in [0.05, 0.1) is 0 Å².